The molecule has 1 aromatic heterocycles. The molecule has 1 aromatic rings. The van der Waals surface area contributed by atoms with Gasteiger partial charge in [-0.25, -0.2) is 0 Å². The molecule has 2 heterocycles. The number of ether oxygens (including phenoxy) is 1. The van der Waals surface area contributed by atoms with Crippen molar-refractivity contribution < 1.29 is 9.84 Å². The Morgan fingerprint density at radius 3 is 3.06 bits per heavy atom. The summed E-state index contributed by atoms with van der Waals surface area (Å²) in [5.74, 6) is 0.145. The summed E-state index contributed by atoms with van der Waals surface area (Å²) < 4.78 is 8.15. The van der Waals surface area contributed by atoms with Gasteiger partial charge in [0.05, 0.1) is 23.0 Å². The second-order valence-electron chi connectivity index (χ2n) is 4.77. The van der Waals surface area contributed by atoms with Crippen molar-refractivity contribution >= 4 is 15.9 Å². The second-order valence-corrected chi connectivity index (χ2v) is 5.63. The predicted molar refractivity (Wildman–Crippen MR) is 68.7 cm³/mol. The minimum atomic E-state index is -0.888. The molecule has 4 nitrogen and oxygen atoms in total. The topological polar surface area (TPSA) is 47.3 Å². The summed E-state index contributed by atoms with van der Waals surface area (Å²) in [5.41, 5.74) is -0.0177. The van der Waals surface area contributed by atoms with Crippen molar-refractivity contribution in [3.05, 3.63) is 16.4 Å². The van der Waals surface area contributed by atoms with Crippen LogP contribution >= 0.6 is 15.9 Å². The van der Waals surface area contributed by atoms with E-state index in [0.29, 0.717) is 6.61 Å². The van der Waals surface area contributed by atoms with E-state index < -0.39 is 5.60 Å². The van der Waals surface area contributed by atoms with E-state index in [9.17, 15) is 5.11 Å². The molecule has 0 aliphatic carbocycles. The molecule has 17 heavy (non-hydrogen) atoms. The van der Waals surface area contributed by atoms with E-state index in [-0.39, 0.29) is 5.92 Å². The number of halogens is 1. The van der Waals surface area contributed by atoms with E-state index in [1.54, 1.807) is 6.20 Å². The van der Waals surface area contributed by atoms with Gasteiger partial charge in [-0.15, -0.1) is 0 Å². The molecule has 1 saturated heterocycles. The van der Waals surface area contributed by atoms with Crippen LogP contribution in [0.25, 0.3) is 0 Å². The third-order valence-electron chi connectivity index (χ3n) is 3.43. The third-order valence-corrected chi connectivity index (χ3v) is 4.01. The standard InChI is InChI=1S/C12H19BrN2O2/c1-3-5-15-11(10(13)7-14-15)12(2,16)9-4-6-17-8-9/h7,9,16H,3-6,8H2,1-2H3. The van der Waals surface area contributed by atoms with E-state index in [4.69, 9.17) is 4.74 Å². The van der Waals surface area contributed by atoms with E-state index in [1.165, 1.54) is 0 Å². The Morgan fingerprint density at radius 2 is 2.47 bits per heavy atom. The van der Waals surface area contributed by atoms with Crippen molar-refractivity contribution in [1.29, 1.82) is 0 Å². The summed E-state index contributed by atoms with van der Waals surface area (Å²) in [6, 6.07) is 0. The molecule has 1 fully saturated rings. The Morgan fingerprint density at radius 1 is 1.71 bits per heavy atom. The van der Waals surface area contributed by atoms with Gasteiger partial charge in [-0.2, -0.15) is 5.10 Å². The van der Waals surface area contributed by atoms with Crippen LogP contribution in [0.4, 0.5) is 0 Å². The van der Waals surface area contributed by atoms with Crippen LogP contribution in [0.2, 0.25) is 0 Å². The van der Waals surface area contributed by atoms with Gasteiger partial charge in [0, 0.05) is 19.1 Å². The molecule has 2 atom stereocenters. The fourth-order valence-corrected chi connectivity index (χ4v) is 3.12. The fourth-order valence-electron chi connectivity index (χ4n) is 2.42. The summed E-state index contributed by atoms with van der Waals surface area (Å²) in [4.78, 5) is 0. The van der Waals surface area contributed by atoms with Gasteiger partial charge >= 0.3 is 0 Å². The van der Waals surface area contributed by atoms with E-state index in [1.807, 2.05) is 11.6 Å². The zero-order chi connectivity index (χ0) is 12.5. The van der Waals surface area contributed by atoms with Crippen molar-refractivity contribution in [3.63, 3.8) is 0 Å². The molecular weight excluding hydrogens is 284 g/mol. The molecule has 0 radical (unpaired) electrons. The van der Waals surface area contributed by atoms with Crippen molar-refractivity contribution in [1.82, 2.24) is 9.78 Å². The Labute approximate surface area is 110 Å². The van der Waals surface area contributed by atoms with Crippen molar-refractivity contribution in [2.75, 3.05) is 13.2 Å². The Hall–Kier alpha value is -0.390. The lowest BCUT2D eigenvalue weighted by Crippen LogP contribution is -2.35. The van der Waals surface area contributed by atoms with Crippen LogP contribution in [0.1, 0.15) is 32.4 Å². The van der Waals surface area contributed by atoms with Crippen LogP contribution < -0.4 is 0 Å². The number of nitrogens with zero attached hydrogens (tertiary/aromatic N) is 2. The number of aromatic nitrogens is 2. The molecule has 0 spiro atoms. The highest BCUT2D eigenvalue weighted by molar-refractivity contribution is 9.10. The van der Waals surface area contributed by atoms with Gasteiger partial charge in [-0.05, 0) is 35.7 Å². The van der Waals surface area contributed by atoms with Gasteiger partial charge in [0.15, 0.2) is 0 Å². The van der Waals surface area contributed by atoms with Crippen molar-refractivity contribution in [2.45, 2.75) is 38.8 Å². The average molecular weight is 303 g/mol. The van der Waals surface area contributed by atoms with Crippen LogP contribution in [0, 0.1) is 5.92 Å². The minimum Gasteiger partial charge on any atom is -0.383 e. The SMILES string of the molecule is CCCn1ncc(Br)c1C(C)(O)C1CCOC1. The molecule has 2 unspecified atom stereocenters. The van der Waals surface area contributed by atoms with Crippen LogP contribution in [-0.2, 0) is 16.9 Å². The Balaban J connectivity index is 2.33. The molecule has 2 rings (SSSR count). The van der Waals surface area contributed by atoms with Gasteiger partial charge in [-0.3, -0.25) is 4.68 Å². The molecule has 5 heteroatoms. The zero-order valence-corrected chi connectivity index (χ0v) is 11.9. The third kappa shape index (κ3) is 2.41. The first-order valence-corrected chi connectivity index (χ1v) is 6.88. The van der Waals surface area contributed by atoms with Gasteiger partial charge < -0.3 is 9.84 Å². The largest absolute Gasteiger partial charge is 0.383 e. The second kappa shape index (κ2) is 5.08. The molecule has 96 valence electrons. The van der Waals surface area contributed by atoms with E-state index >= 15 is 0 Å². The lowest BCUT2D eigenvalue weighted by molar-refractivity contribution is -0.0180. The normalized spacial score (nSPS) is 23.9. The first kappa shape index (κ1) is 13.1. The summed E-state index contributed by atoms with van der Waals surface area (Å²) in [6.07, 6.45) is 3.66. The molecule has 0 aromatic carbocycles. The summed E-state index contributed by atoms with van der Waals surface area (Å²) in [6.45, 7) is 6.15. The van der Waals surface area contributed by atoms with E-state index in [0.717, 1.165) is 36.2 Å². The van der Waals surface area contributed by atoms with Gasteiger partial charge in [0.2, 0.25) is 0 Å². The molecule has 0 amide bonds. The molecule has 0 saturated carbocycles. The number of hydrogen-bond donors (Lipinski definition) is 1. The number of aliphatic hydroxyl groups is 1. The highest BCUT2D eigenvalue weighted by atomic mass is 79.9. The zero-order valence-electron chi connectivity index (χ0n) is 10.3. The average Bonchev–Trinajstić information content (AvgIpc) is 2.88. The highest BCUT2D eigenvalue weighted by Gasteiger charge is 2.40. The lowest BCUT2D eigenvalue weighted by atomic mass is 9.85. The van der Waals surface area contributed by atoms with Gasteiger partial charge in [-0.1, -0.05) is 6.92 Å². The van der Waals surface area contributed by atoms with Crippen LogP contribution in [0.15, 0.2) is 10.7 Å². The molecule has 0 bridgehead atoms. The smallest absolute Gasteiger partial charge is 0.110 e. The molecule has 1 N–H and O–H groups in total. The van der Waals surface area contributed by atoms with E-state index in [2.05, 4.69) is 28.0 Å². The number of rotatable bonds is 4. The maximum atomic E-state index is 10.8. The molecule has 1 aliphatic heterocycles. The lowest BCUT2D eigenvalue weighted by Gasteiger charge is -2.30. The van der Waals surface area contributed by atoms with Gasteiger partial charge in [0.25, 0.3) is 0 Å². The van der Waals surface area contributed by atoms with Crippen LogP contribution in [0.5, 0.6) is 0 Å². The Kier molecular flexibility index (Phi) is 3.90. The quantitative estimate of drug-likeness (QED) is 0.928. The summed E-state index contributed by atoms with van der Waals surface area (Å²) >= 11 is 3.49. The number of hydrogen-bond acceptors (Lipinski definition) is 3. The maximum Gasteiger partial charge on any atom is 0.110 e. The minimum absolute atomic E-state index is 0.145. The fraction of sp³-hybridized carbons (Fsp3) is 0.750. The number of aryl methyl sites for hydroxylation is 1. The first-order chi connectivity index (χ1) is 8.07. The molecule has 1 aliphatic rings. The van der Waals surface area contributed by atoms with Crippen molar-refractivity contribution in [2.24, 2.45) is 5.92 Å². The van der Waals surface area contributed by atoms with Crippen molar-refractivity contribution in [3.8, 4) is 0 Å². The molecular formula is C12H19BrN2O2. The monoisotopic (exact) mass is 302 g/mol. The predicted octanol–water partition coefficient (Wildman–Crippen LogP) is 2.30. The first-order valence-electron chi connectivity index (χ1n) is 6.09. The summed E-state index contributed by atoms with van der Waals surface area (Å²) in [7, 11) is 0. The maximum absolute atomic E-state index is 10.8. The highest BCUT2D eigenvalue weighted by Crippen LogP contribution is 2.38. The van der Waals surface area contributed by atoms with Gasteiger partial charge in [0.1, 0.15) is 5.60 Å². The van der Waals surface area contributed by atoms with Crippen LogP contribution in [0.3, 0.4) is 0 Å². The summed E-state index contributed by atoms with van der Waals surface area (Å²) in [5, 5.41) is 15.1. The Bertz CT molecular complexity index is 384. The van der Waals surface area contributed by atoms with Crippen LogP contribution in [-0.4, -0.2) is 28.1 Å².